The lowest BCUT2D eigenvalue weighted by molar-refractivity contribution is -0.119. The van der Waals surface area contributed by atoms with Gasteiger partial charge in [-0.3, -0.25) is 14.5 Å². The summed E-state index contributed by atoms with van der Waals surface area (Å²) in [5.74, 6) is -1.37. The molecular formula is C16H16FN5O4S. The molecule has 11 heteroatoms. The number of nitrogens with two attached hydrogens (primary N) is 1. The molecule has 9 nitrogen and oxygen atoms in total. The monoisotopic (exact) mass is 393 g/mol. The van der Waals surface area contributed by atoms with E-state index in [0.29, 0.717) is 15.7 Å². The molecule has 0 radical (unpaired) electrons. The molecule has 1 saturated heterocycles. The summed E-state index contributed by atoms with van der Waals surface area (Å²) in [6.07, 6.45) is -1.19. The molecule has 0 aliphatic carbocycles. The number of anilines is 1. The molecule has 1 aliphatic rings. The Balaban J connectivity index is 1.75. The summed E-state index contributed by atoms with van der Waals surface area (Å²) < 4.78 is 19.7. The molecule has 3 rings (SSSR count). The third-order valence-electron chi connectivity index (χ3n) is 3.74. The number of rotatable bonds is 6. The van der Waals surface area contributed by atoms with Gasteiger partial charge in [0.05, 0.1) is 25.2 Å². The Hall–Kier alpha value is -3.08. The van der Waals surface area contributed by atoms with Crippen LogP contribution in [0.4, 0.5) is 14.9 Å². The lowest BCUT2D eigenvalue weighted by Gasteiger charge is -2.14. The Morgan fingerprint density at radius 2 is 2.22 bits per heavy atom. The molecule has 1 aromatic heterocycles. The molecule has 0 saturated carbocycles. The quantitative estimate of drug-likeness (QED) is 0.748. The topological polar surface area (TPSA) is 128 Å². The first-order valence-electron chi connectivity index (χ1n) is 7.96. The molecule has 27 heavy (non-hydrogen) atoms. The van der Waals surface area contributed by atoms with Gasteiger partial charge in [-0.15, -0.1) is 10.2 Å². The second kappa shape index (κ2) is 7.66. The highest BCUT2D eigenvalue weighted by Gasteiger charge is 2.32. The van der Waals surface area contributed by atoms with Gasteiger partial charge in [-0.1, -0.05) is 11.3 Å². The summed E-state index contributed by atoms with van der Waals surface area (Å²) in [5.41, 5.74) is 5.64. The van der Waals surface area contributed by atoms with E-state index < -0.39 is 23.9 Å². The van der Waals surface area contributed by atoms with Crippen LogP contribution in [0.2, 0.25) is 0 Å². The van der Waals surface area contributed by atoms with Crippen molar-refractivity contribution < 1.29 is 23.5 Å². The number of benzene rings is 1. The van der Waals surface area contributed by atoms with Gasteiger partial charge in [-0.2, -0.15) is 0 Å². The van der Waals surface area contributed by atoms with E-state index in [9.17, 15) is 18.8 Å². The van der Waals surface area contributed by atoms with Gasteiger partial charge < -0.3 is 15.8 Å². The predicted molar refractivity (Wildman–Crippen MR) is 94.5 cm³/mol. The molecule has 3 amide bonds. The van der Waals surface area contributed by atoms with E-state index in [1.54, 1.807) is 6.07 Å². The maximum Gasteiger partial charge on any atom is 0.414 e. The highest BCUT2D eigenvalue weighted by atomic mass is 32.1. The first-order valence-corrected chi connectivity index (χ1v) is 8.78. The lowest BCUT2D eigenvalue weighted by atomic mass is 10.2. The van der Waals surface area contributed by atoms with E-state index in [1.807, 2.05) is 0 Å². The molecule has 1 fully saturated rings. The molecule has 2 aromatic rings. The largest absolute Gasteiger partial charge is 0.442 e. The van der Waals surface area contributed by atoms with Gasteiger partial charge >= 0.3 is 6.09 Å². The van der Waals surface area contributed by atoms with Gasteiger partial charge in [-0.05, 0) is 18.2 Å². The van der Waals surface area contributed by atoms with E-state index >= 15 is 0 Å². The van der Waals surface area contributed by atoms with Crippen molar-refractivity contribution in [2.45, 2.75) is 19.4 Å². The number of carbonyl (C=O) groups is 3. The minimum absolute atomic E-state index is 0.0628. The average molecular weight is 393 g/mol. The maximum atomic E-state index is 14.6. The third-order valence-corrected chi connectivity index (χ3v) is 4.70. The fourth-order valence-corrected chi connectivity index (χ4v) is 3.40. The minimum atomic E-state index is -0.614. The average Bonchev–Trinajstić information content (AvgIpc) is 3.19. The molecule has 1 aliphatic heterocycles. The van der Waals surface area contributed by atoms with Crippen LogP contribution in [-0.2, 0) is 20.7 Å². The second-order valence-electron chi connectivity index (χ2n) is 5.86. The van der Waals surface area contributed by atoms with E-state index in [0.717, 1.165) is 11.3 Å². The standard InChI is InChI=1S/C16H16FN5O4S/c1-8(23)19-6-10-7-22(16(25)26-10)9-2-3-11(12(17)4-9)15-21-20-14(27-15)5-13(18)24/h2-4,10H,5-7H2,1H3,(H2,18,24)(H,19,23)/t10-/m0/s1. The normalized spacial score (nSPS) is 16.3. The van der Waals surface area contributed by atoms with Crippen molar-refractivity contribution in [2.24, 2.45) is 5.73 Å². The van der Waals surface area contributed by atoms with Gasteiger partial charge in [0, 0.05) is 12.5 Å². The summed E-state index contributed by atoms with van der Waals surface area (Å²) >= 11 is 1.07. The van der Waals surface area contributed by atoms with Gasteiger partial charge in [0.15, 0.2) is 5.01 Å². The van der Waals surface area contributed by atoms with E-state index in [1.165, 1.54) is 24.0 Å². The Bertz CT molecular complexity index is 903. The molecule has 1 atom stereocenters. The lowest BCUT2D eigenvalue weighted by Crippen LogP contribution is -2.33. The maximum absolute atomic E-state index is 14.6. The number of cyclic esters (lactones) is 1. The Morgan fingerprint density at radius 3 is 2.89 bits per heavy atom. The van der Waals surface area contributed by atoms with Crippen LogP contribution in [0.15, 0.2) is 18.2 Å². The van der Waals surface area contributed by atoms with Crippen molar-refractivity contribution >= 4 is 34.9 Å². The minimum Gasteiger partial charge on any atom is -0.442 e. The molecule has 2 heterocycles. The van der Waals surface area contributed by atoms with Crippen LogP contribution >= 0.6 is 11.3 Å². The third kappa shape index (κ3) is 4.37. The van der Waals surface area contributed by atoms with Gasteiger partial charge in [-0.25, -0.2) is 9.18 Å². The molecule has 1 aromatic carbocycles. The number of hydrogen-bond donors (Lipinski definition) is 2. The first-order chi connectivity index (χ1) is 12.8. The Labute approximate surface area is 157 Å². The molecule has 0 bridgehead atoms. The van der Waals surface area contributed by atoms with Crippen LogP contribution in [0.25, 0.3) is 10.6 Å². The number of nitrogens with zero attached hydrogens (tertiary/aromatic N) is 3. The molecular weight excluding hydrogens is 377 g/mol. The summed E-state index contributed by atoms with van der Waals surface area (Å²) in [6, 6.07) is 4.25. The zero-order valence-electron chi connectivity index (χ0n) is 14.3. The number of primary amides is 1. The first kappa shape index (κ1) is 18.7. The van der Waals surface area contributed by atoms with Crippen molar-refractivity contribution in [1.29, 1.82) is 0 Å². The second-order valence-corrected chi connectivity index (χ2v) is 6.92. The summed E-state index contributed by atoms with van der Waals surface area (Å²) in [7, 11) is 0. The van der Waals surface area contributed by atoms with Crippen LogP contribution in [0.1, 0.15) is 11.9 Å². The number of amides is 3. The summed E-state index contributed by atoms with van der Waals surface area (Å²) in [6.45, 7) is 1.75. The smallest absolute Gasteiger partial charge is 0.414 e. The van der Waals surface area contributed by atoms with E-state index in [4.69, 9.17) is 10.5 Å². The fourth-order valence-electron chi connectivity index (χ4n) is 2.52. The van der Waals surface area contributed by atoms with Crippen LogP contribution in [0.3, 0.4) is 0 Å². The number of aromatic nitrogens is 2. The number of nitrogens with one attached hydrogen (secondary N) is 1. The van der Waals surface area contributed by atoms with Crippen molar-refractivity contribution in [3.8, 4) is 10.6 Å². The van der Waals surface area contributed by atoms with Gasteiger partial charge in [0.25, 0.3) is 0 Å². The van der Waals surface area contributed by atoms with Crippen molar-refractivity contribution in [3.63, 3.8) is 0 Å². The predicted octanol–water partition coefficient (Wildman–Crippen LogP) is 0.833. The summed E-state index contributed by atoms with van der Waals surface area (Å²) in [4.78, 5) is 35.2. The van der Waals surface area contributed by atoms with E-state index in [2.05, 4.69) is 15.5 Å². The SMILES string of the molecule is CC(=O)NC[C@H]1CN(c2ccc(-c3nnc(CC(N)=O)s3)c(F)c2)C(=O)O1. The Morgan fingerprint density at radius 1 is 1.44 bits per heavy atom. The number of carbonyl (C=O) groups excluding carboxylic acids is 3. The fraction of sp³-hybridized carbons (Fsp3) is 0.312. The molecule has 3 N–H and O–H groups in total. The van der Waals surface area contributed by atoms with Gasteiger partial charge in [0.2, 0.25) is 11.8 Å². The zero-order chi connectivity index (χ0) is 19.6. The van der Waals surface area contributed by atoms with Gasteiger partial charge in [0.1, 0.15) is 16.9 Å². The molecule has 0 unspecified atom stereocenters. The molecule has 0 spiro atoms. The van der Waals surface area contributed by atoms with Crippen molar-refractivity contribution in [2.75, 3.05) is 18.0 Å². The van der Waals surface area contributed by atoms with Crippen LogP contribution < -0.4 is 16.0 Å². The molecule has 142 valence electrons. The zero-order valence-corrected chi connectivity index (χ0v) is 15.1. The van der Waals surface area contributed by atoms with Crippen LogP contribution in [-0.4, -0.2) is 47.3 Å². The van der Waals surface area contributed by atoms with Crippen LogP contribution in [0, 0.1) is 5.82 Å². The number of hydrogen-bond acceptors (Lipinski definition) is 7. The van der Waals surface area contributed by atoms with Crippen LogP contribution in [0.5, 0.6) is 0 Å². The summed E-state index contributed by atoms with van der Waals surface area (Å²) in [5, 5.41) is 11.0. The highest BCUT2D eigenvalue weighted by molar-refractivity contribution is 7.14. The van der Waals surface area contributed by atoms with Crippen molar-refractivity contribution in [3.05, 3.63) is 29.0 Å². The van der Waals surface area contributed by atoms with E-state index in [-0.39, 0.29) is 31.0 Å². The highest BCUT2D eigenvalue weighted by Crippen LogP contribution is 2.30. The Kier molecular flexibility index (Phi) is 5.31. The number of halogens is 1. The van der Waals surface area contributed by atoms with Crippen molar-refractivity contribution in [1.82, 2.24) is 15.5 Å². The number of ether oxygens (including phenoxy) is 1.